The lowest BCUT2D eigenvalue weighted by molar-refractivity contribution is 0.0469. The molecule has 0 radical (unpaired) electrons. The molecule has 2 N–H and O–H groups in total. The number of anilines is 1. The van der Waals surface area contributed by atoms with Crippen LogP contribution < -0.4 is 10.1 Å². The molecule has 0 aliphatic rings. The van der Waals surface area contributed by atoms with E-state index in [0.29, 0.717) is 12.3 Å². The normalized spacial score (nSPS) is 11.1. The first kappa shape index (κ1) is 18.7. The van der Waals surface area contributed by atoms with E-state index in [4.69, 9.17) is 4.74 Å². The van der Waals surface area contributed by atoms with Gasteiger partial charge < -0.3 is 20.1 Å². The zero-order valence-electron chi connectivity index (χ0n) is 14.6. The summed E-state index contributed by atoms with van der Waals surface area (Å²) in [6.07, 6.45) is 0. The molecule has 0 unspecified atom stereocenters. The second-order valence-corrected chi connectivity index (χ2v) is 6.43. The molecule has 0 heterocycles. The first-order valence-corrected chi connectivity index (χ1v) is 7.94. The maximum Gasteiger partial charge on any atom is 0.322 e. The Bertz CT molecular complexity index is 714. The first-order chi connectivity index (χ1) is 11.8. The number of nitrogens with one attached hydrogen (secondary N) is 1. The summed E-state index contributed by atoms with van der Waals surface area (Å²) in [5.41, 5.74) is 0.0902. The molecule has 0 aromatic heterocycles. The Morgan fingerprint density at radius 1 is 1.24 bits per heavy atom. The van der Waals surface area contributed by atoms with Crippen LogP contribution in [0.25, 0.3) is 0 Å². The fraction of sp³-hybridized carbons (Fsp3) is 0.316. The van der Waals surface area contributed by atoms with Gasteiger partial charge in [-0.05, 0) is 31.5 Å². The number of ether oxygens (including phenoxy) is 1. The zero-order valence-corrected chi connectivity index (χ0v) is 14.6. The van der Waals surface area contributed by atoms with Crippen molar-refractivity contribution in [2.45, 2.75) is 26.0 Å². The second kappa shape index (κ2) is 7.98. The molecular weight excluding hydrogens is 323 g/mol. The van der Waals surface area contributed by atoms with Gasteiger partial charge in [-0.25, -0.2) is 9.18 Å². The molecule has 5 nitrogen and oxygen atoms in total. The van der Waals surface area contributed by atoms with Gasteiger partial charge >= 0.3 is 6.03 Å². The summed E-state index contributed by atoms with van der Waals surface area (Å²) >= 11 is 0. The largest absolute Gasteiger partial charge is 0.495 e. The summed E-state index contributed by atoms with van der Waals surface area (Å²) in [7, 11) is 1.45. The highest BCUT2D eigenvalue weighted by atomic mass is 19.1. The van der Waals surface area contributed by atoms with Crippen LogP contribution in [-0.4, -0.2) is 35.3 Å². The van der Waals surface area contributed by atoms with E-state index in [2.05, 4.69) is 5.32 Å². The van der Waals surface area contributed by atoms with Gasteiger partial charge in [0.2, 0.25) is 0 Å². The lowest BCUT2D eigenvalue weighted by Crippen LogP contribution is -2.43. The number of nitrogens with zero attached hydrogens (tertiary/aromatic N) is 1. The Hall–Kier alpha value is -2.60. The Morgan fingerprint density at radius 3 is 2.52 bits per heavy atom. The number of carbonyl (C=O) groups excluding carboxylic acids is 1. The standard InChI is InChI=1S/C19H23FN2O3/c1-19(2,24)13-22(12-14-7-5-4-6-8-14)18(23)21-16-11-15(20)9-10-17(16)25-3/h4-11,24H,12-13H2,1-3H3,(H,21,23). The molecule has 25 heavy (non-hydrogen) atoms. The molecule has 2 amide bonds. The van der Waals surface area contributed by atoms with Gasteiger partial charge in [-0.2, -0.15) is 0 Å². The van der Waals surface area contributed by atoms with Gasteiger partial charge in [0.05, 0.1) is 24.9 Å². The summed E-state index contributed by atoms with van der Waals surface area (Å²) in [4.78, 5) is 14.2. The maximum atomic E-state index is 13.5. The Kier molecular flexibility index (Phi) is 5.98. The zero-order chi connectivity index (χ0) is 18.4. The summed E-state index contributed by atoms with van der Waals surface area (Å²) in [6, 6.07) is 12.9. The van der Waals surface area contributed by atoms with Gasteiger partial charge in [-0.1, -0.05) is 30.3 Å². The van der Waals surface area contributed by atoms with Crippen molar-refractivity contribution in [1.82, 2.24) is 4.90 Å². The fourth-order valence-electron chi connectivity index (χ4n) is 2.44. The number of hydrogen-bond acceptors (Lipinski definition) is 3. The van der Waals surface area contributed by atoms with E-state index >= 15 is 0 Å². The highest BCUT2D eigenvalue weighted by molar-refractivity contribution is 5.91. The molecule has 0 bridgehead atoms. The average molecular weight is 346 g/mol. The number of methoxy groups -OCH3 is 1. The van der Waals surface area contributed by atoms with Gasteiger partial charge in [0.15, 0.2) is 0 Å². The number of amides is 2. The lowest BCUT2D eigenvalue weighted by atomic mass is 10.1. The number of aliphatic hydroxyl groups is 1. The molecule has 0 aliphatic carbocycles. The van der Waals surface area contributed by atoms with E-state index in [0.717, 1.165) is 5.56 Å². The van der Waals surface area contributed by atoms with E-state index < -0.39 is 17.4 Å². The summed E-state index contributed by atoms with van der Waals surface area (Å²) in [5, 5.41) is 12.8. The van der Waals surface area contributed by atoms with E-state index in [-0.39, 0.29) is 12.2 Å². The van der Waals surface area contributed by atoms with E-state index in [9.17, 15) is 14.3 Å². The van der Waals surface area contributed by atoms with Crippen molar-refractivity contribution in [3.05, 3.63) is 59.9 Å². The predicted molar refractivity (Wildman–Crippen MR) is 95.1 cm³/mol. The third-order valence-electron chi connectivity index (χ3n) is 3.48. The van der Waals surface area contributed by atoms with E-state index in [1.165, 1.54) is 30.2 Å². The fourth-order valence-corrected chi connectivity index (χ4v) is 2.44. The lowest BCUT2D eigenvalue weighted by Gasteiger charge is -2.29. The van der Waals surface area contributed by atoms with E-state index in [1.54, 1.807) is 13.8 Å². The van der Waals surface area contributed by atoms with Crippen LogP contribution in [0.4, 0.5) is 14.9 Å². The summed E-state index contributed by atoms with van der Waals surface area (Å²) in [6.45, 7) is 3.68. The van der Waals surface area contributed by atoms with Crippen molar-refractivity contribution >= 4 is 11.7 Å². The van der Waals surface area contributed by atoms with Gasteiger partial charge in [0.1, 0.15) is 11.6 Å². The van der Waals surface area contributed by atoms with Crippen LogP contribution in [0, 0.1) is 5.82 Å². The summed E-state index contributed by atoms with van der Waals surface area (Å²) in [5.74, 6) is -0.120. The molecule has 2 aromatic carbocycles. The van der Waals surface area contributed by atoms with Gasteiger partial charge in [-0.3, -0.25) is 0 Å². The van der Waals surface area contributed by atoms with Crippen LogP contribution >= 0.6 is 0 Å². The van der Waals surface area contributed by atoms with Gasteiger partial charge in [0, 0.05) is 12.6 Å². The Morgan fingerprint density at radius 2 is 1.92 bits per heavy atom. The smallest absolute Gasteiger partial charge is 0.322 e. The van der Waals surface area contributed by atoms with E-state index in [1.807, 2.05) is 30.3 Å². The third-order valence-corrected chi connectivity index (χ3v) is 3.48. The highest BCUT2D eigenvalue weighted by Gasteiger charge is 2.23. The van der Waals surface area contributed by atoms with Crippen LogP contribution in [0.3, 0.4) is 0 Å². The van der Waals surface area contributed by atoms with Crippen LogP contribution in [0.2, 0.25) is 0 Å². The monoisotopic (exact) mass is 346 g/mol. The van der Waals surface area contributed by atoms with Crippen molar-refractivity contribution in [2.24, 2.45) is 0 Å². The average Bonchev–Trinajstić information content (AvgIpc) is 2.54. The van der Waals surface area contributed by atoms with Crippen molar-refractivity contribution < 1.29 is 19.0 Å². The molecule has 2 aromatic rings. The molecule has 0 saturated heterocycles. The number of urea groups is 1. The van der Waals surface area contributed by atoms with Crippen molar-refractivity contribution in [1.29, 1.82) is 0 Å². The molecular formula is C19H23FN2O3. The first-order valence-electron chi connectivity index (χ1n) is 7.94. The minimum absolute atomic E-state index is 0.116. The molecule has 0 aliphatic heterocycles. The maximum absolute atomic E-state index is 13.5. The quantitative estimate of drug-likeness (QED) is 0.839. The predicted octanol–water partition coefficient (Wildman–Crippen LogP) is 3.64. The van der Waals surface area contributed by atoms with Crippen molar-refractivity contribution in [2.75, 3.05) is 19.0 Å². The summed E-state index contributed by atoms with van der Waals surface area (Å²) < 4.78 is 18.6. The number of rotatable bonds is 6. The van der Waals surface area contributed by atoms with Gasteiger partial charge in [0.25, 0.3) is 0 Å². The number of halogens is 1. The Balaban J connectivity index is 2.21. The molecule has 0 spiro atoms. The van der Waals surface area contributed by atoms with Crippen LogP contribution in [0.5, 0.6) is 5.75 Å². The highest BCUT2D eigenvalue weighted by Crippen LogP contribution is 2.25. The van der Waals surface area contributed by atoms with Gasteiger partial charge in [-0.15, -0.1) is 0 Å². The molecule has 0 atom stereocenters. The third kappa shape index (κ3) is 5.76. The van der Waals surface area contributed by atoms with Crippen LogP contribution in [-0.2, 0) is 6.54 Å². The Labute approximate surface area is 147 Å². The topological polar surface area (TPSA) is 61.8 Å². The second-order valence-electron chi connectivity index (χ2n) is 6.43. The number of hydrogen-bond donors (Lipinski definition) is 2. The van der Waals surface area contributed by atoms with Crippen LogP contribution in [0.15, 0.2) is 48.5 Å². The molecule has 6 heteroatoms. The van der Waals surface area contributed by atoms with Crippen LogP contribution in [0.1, 0.15) is 19.4 Å². The molecule has 2 rings (SSSR count). The van der Waals surface area contributed by atoms with Crippen molar-refractivity contribution in [3.63, 3.8) is 0 Å². The number of benzene rings is 2. The SMILES string of the molecule is COc1ccc(F)cc1NC(=O)N(Cc1ccccc1)CC(C)(C)O. The molecule has 0 saturated carbocycles. The minimum atomic E-state index is -1.07. The number of carbonyl (C=O) groups is 1. The van der Waals surface area contributed by atoms with Crippen molar-refractivity contribution in [3.8, 4) is 5.75 Å². The molecule has 134 valence electrons. The molecule has 0 fully saturated rings. The minimum Gasteiger partial charge on any atom is -0.495 e.